The fraction of sp³-hybridized carbons (Fsp3) is 0.435. The molecule has 1 fully saturated rings. The lowest BCUT2D eigenvalue weighted by Gasteiger charge is -2.34. The van der Waals surface area contributed by atoms with Crippen LogP contribution in [0.4, 0.5) is 0 Å². The first kappa shape index (κ1) is 25.4. The third-order valence-electron chi connectivity index (χ3n) is 5.66. The Morgan fingerprint density at radius 3 is 1.82 bits per heavy atom. The Balaban J connectivity index is 1.68. The summed E-state index contributed by atoms with van der Waals surface area (Å²) in [7, 11) is 3.74. The Morgan fingerprint density at radius 2 is 1.32 bits per heavy atom. The molecule has 10 nitrogen and oxygen atoms in total. The molecule has 3 rings (SSSR count). The number of carbonyl (C=O) groups is 1. The van der Waals surface area contributed by atoms with Crippen LogP contribution in [0.25, 0.3) is 0 Å². The molecule has 1 amide bonds. The molecule has 0 aliphatic carbocycles. The molecule has 0 N–H and O–H groups in total. The fourth-order valence-electron chi connectivity index (χ4n) is 3.83. The number of ether oxygens (including phenoxy) is 5. The van der Waals surface area contributed by atoms with Gasteiger partial charge in [0.25, 0.3) is 0 Å². The van der Waals surface area contributed by atoms with E-state index in [1.54, 1.807) is 23.1 Å². The summed E-state index contributed by atoms with van der Waals surface area (Å²) in [5.74, 6) is 2.06. The summed E-state index contributed by atoms with van der Waals surface area (Å²) in [4.78, 5) is 14.7. The second-order valence-electron chi connectivity index (χ2n) is 7.51. The molecule has 0 aromatic heterocycles. The monoisotopic (exact) mass is 494 g/mol. The molecule has 0 saturated carbocycles. The van der Waals surface area contributed by atoms with Crippen molar-refractivity contribution < 1.29 is 36.9 Å². The molecular weight excluding hydrogens is 464 g/mol. The summed E-state index contributed by atoms with van der Waals surface area (Å²) in [5.41, 5.74) is 0.708. The van der Waals surface area contributed by atoms with Gasteiger partial charge < -0.3 is 28.6 Å². The molecular formula is C23H30N2O8S. The highest BCUT2D eigenvalue weighted by Gasteiger charge is 2.31. The molecule has 1 aliphatic rings. The van der Waals surface area contributed by atoms with Gasteiger partial charge in [-0.05, 0) is 29.8 Å². The maximum absolute atomic E-state index is 13.1. The molecule has 0 spiro atoms. The number of rotatable bonds is 9. The SMILES string of the molecule is COc1ccc(S(=O)(=O)N2CCN(C(=O)Cc3cc(OC)c(OC)c(OC)c3)CC2)cc1OC. The number of piperazine rings is 1. The van der Waals surface area contributed by atoms with Crippen molar-refractivity contribution in [1.82, 2.24) is 9.21 Å². The molecule has 34 heavy (non-hydrogen) atoms. The van der Waals surface area contributed by atoms with E-state index in [2.05, 4.69) is 0 Å². The summed E-state index contributed by atoms with van der Waals surface area (Å²) in [5, 5.41) is 0. The smallest absolute Gasteiger partial charge is 0.243 e. The Kier molecular flexibility index (Phi) is 8.11. The van der Waals surface area contributed by atoms with Crippen molar-refractivity contribution in [3.05, 3.63) is 35.9 Å². The summed E-state index contributed by atoms with van der Waals surface area (Å²) in [6.07, 6.45) is 0.124. The van der Waals surface area contributed by atoms with Gasteiger partial charge in [-0.3, -0.25) is 4.79 Å². The van der Waals surface area contributed by atoms with Gasteiger partial charge in [0, 0.05) is 32.2 Å². The topological polar surface area (TPSA) is 104 Å². The Morgan fingerprint density at radius 1 is 0.765 bits per heavy atom. The first-order valence-electron chi connectivity index (χ1n) is 10.6. The maximum atomic E-state index is 13.1. The van der Waals surface area contributed by atoms with Gasteiger partial charge in [0.05, 0.1) is 46.9 Å². The Bertz CT molecular complexity index is 1100. The molecule has 0 atom stereocenters. The van der Waals surface area contributed by atoms with E-state index >= 15 is 0 Å². The van der Waals surface area contributed by atoms with Gasteiger partial charge in [-0.25, -0.2) is 8.42 Å². The normalized spacial score (nSPS) is 14.4. The fourth-order valence-corrected chi connectivity index (χ4v) is 5.27. The summed E-state index contributed by atoms with van der Waals surface area (Å²) in [6, 6.07) is 7.95. The van der Waals surface area contributed by atoms with E-state index in [4.69, 9.17) is 23.7 Å². The number of amides is 1. The molecule has 1 saturated heterocycles. The van der Waals surface area contributed by atoms with Gasteiger partial charge in [0.2, 0.25) is 21.7 Å². The lowest BCUT2D eigenvalue weighted by molar-refractivity contribution is -0.131. The van der Waals surface area contributed by atoms with Crippen molar-refractivity contribution in [3.63, 3.8) is 0 Å². The van der Waals surface area contributed by atoms with E-state index in [9.17, 15) is 13.2 Å². The van der Waals surface area contributed by atoms with Crippen molar-refractivity contribution in [2.75, 3.05) is 61.7 Å². The predicted octanol–water partition coefficient (Wildman–Crippen LogP) is 1.81. The maximum Gasteiger partial charge on any atom is 0.243 e. The van der Waals surface area contributed by atoms with Crippen molar-refractivity contribution >= 4 is 15.9 Å². The zero-order valence-electron chi connectivity index (χ0n) is 20.0. The van der Waals surface area contributed by atoms with Crippen LogP contribution in [0.5, 0.6) is 28.7 Å². The van der Waals surface area contributed by atoms with E-state index in [1.807, 2.05) is 0 Å². The van der Waals surface area contributed by atoms with E-state index < -0.39 is 10.0 Å². The quantitative estimate of drug-likeness (QED) is 0.520. The van der Waals surface area contributed by atoms with Crippen molar-refractivity contribution in [2.24, 2.45) is 0 Å². The van der Waals surface area contributed by atoms with Crippen LogP contribution in [0.3, 0.4) is 0 Å². The second kappa shape index (κ2) is 10.8. The number of carbonyl (C=O) groups excluding carboxylic acids is 1. The van der Waals surface area contributed by atoms with Crippen LogP contribution in [0.2, 0.25) is 0 Å². The molecule has 1 heterocycles. The van der Waals surface area contributed by atoms with Crippen molar-refractivity contribution in [1.29, 1.82) is 0 Å². The number of nitrogens with zero attached hydrogens (tertiary/aromatic N) is 2. The molecule has 0 bridgehead atoms. The number of hydrogen-bond donors (Lipinski definition) is 0. The number of sulfonamides is 1. The molecule has 11 heteroatoms. The van der Waals surface area contributed by atoms with Gasteiger partial charge in [-0.1, -0.05) is 0 Å². The molecule has 0 unspecified atom stereocenters. The largest absolute Gasteiger partial charge is 0.493 e. The summed E-state index contributed by atoms with van der Waals surface area (Å²) >= 11 is 0. The van der Waals surface area contributed by atoms with E-state index in [0.717, 1.165) is 0 Å². The molecule has 2 aromatic carbocycles. The lowest BCUT2D eigenvalue weighted by atomic mass is 10.1. The minimum atomic E-state index is -3.74. The summed E-state index contributed by atoms with van der Waals surface area (Å²) in [6.45, 7) is 0.959. The van der Waals surface area contributed by atoms with Crippen LogP contribution in [0.15, 0.2) is 35.2 Å². The third kappa shape index (κ3) is 5.15. The number of methoxy groups -OCH3 is 5. The molecule has 0 radical (unpaired) electrons. The van der Waals surface area contributed by atoms with Crippen molar-refractivity contribution in [3.8, 4) is 28.7 Å². The zero-order chi connectivity index (χ0) is 24.9. The van der Waals surface area contributed by atoms with Crippen LogP contribution in [-0.2, 0) is 21.2 Å². The highest BCUT2D eigenvalue weighted by molar-refractivity contribution is 7.89. The minimum Gasteiger partial charge on any atom is -0.493 e. The second-order valence-corrected chi connectivity index (χ2v) is 9.45. The van der Waals surface area contributed by atoms with Crippen LogP contribution < -0.4 is 23.7 Å². The Hall–Kier alpha value is -3.18. The first-order valence-corrected chi connectivity index (χ1v) is 12.0. The van der Waals surface area contributed by atoms with Gasteiger partial charge in [-0.2, -0.15) is 4.31 Å². The first-order chi connectivity index (χ1) is 16.3. The summed E-state index contributed by atoms with van der Waals surface area (Å²) < 4.78 is 54.0. The van der Waals surface area contributed by atoms with Crippen molar-refractivity contribution in [2.45, 2.75) is 11.3 Å². The van der Waals surface area contributed by atoms with Gasteiger partial charge in [0.15, 0.2) is 23.0 Å². The van der Waals surface area contributed by atoms with E-state index in [0.29, 0.717) is 34.3 Å². The highest BCUT2D eigenvalue weighted by atomic mass is 32.2. The highest BCUT2D eigenvalue weighted by Crippen LogP contribution is 2.38. The molecule has 186 valence electrons. The average Bonchev–Trinajstić information content (AvgIpc) is 2.87. The van der Waals surface area contributed by atoms with Crippen LogP contribution in [-0.4, -0.2) is 85.3 Å². The lowest BCUT2D eigenvalue weighted by Crippen LogP contribution is -2.50. The van der Waals surface area contributed by atoms with Gasteiger partial charge in [-0.15, -0.1) is 0 Å². The minimum absolute atomic E-state index is 0.113. The molecule has 1 aliphatic heterocycles. The van der Waals surface area contributed by atoms with Crippen LogP contribution in [0, 0.1) is 0 Å². The average molecular weight is 495 g/mol. The Labute approximate surface area is 200 Å². The zero-order valence-corrected chi connectivity index (χ0v) is 20.8. The van der Waals surface area contributed by atoms with Crippen LogP contribution >= 0.6 is 0 Å². The number of benzene rings is 2. The predicted molar refractivity (Wildman–Crippen MR) is 125 cm³/mol. The van der Waals surface area contributed by atoms with E-state index in [-0.39, 0.29) is 43.4 Å². The number of hydrogen-bond acceptors (Lipinski definition) is 8. The van der Waals surface area contributed by atoms with Crippen LogP contribution in [0.1, 0.15) is 5.56 Å². The van der Waals surface area contributed by atoms with Gasteiger partial charge in [0.1, 0.15) is 0 Å². The third-order valence-corrected chi connectivity index (χ3v) is 7.56. The standard InChI is InChI=1S/C23H30N2O8S/c1-29-18-7-6-17(15-19(18)30-2)34(27,28)25-10-8-24(9-11-25)22(26)14-16-12-20(31-3)23(33-5)21(13-16)32-4/h6-7,12-13,15H,8-11,14H2,1-5H3. The molecule has 2 aromatic rings. The van der Waals surface area contributed by atoms with E-state index in [1.165, 1.54) is 52.0 Å². The van der Waals surface area contributed by atoms with Gasteiger partial charge >= 0.3 is 0 Å².